The summed E-state index contributed by atoms with van der Waals surface area (Å²) in [5.41, 5.74) is 2.31. The smallest absolute Gasteiger partial charge is 0.0190 e. The van der Waals surface area contributed by atoms with Crippen LogP contribution in [0.15, 0.2) is 49.1 Å². The molecule has 0 aliphatic rings. The van der Waals surface area contributed by atoms with Gasteiger partial charge in [-0.3, -0.25) is 0 Å². The molecule has 14 heavy (non-hydrogen) atoms. The number of hydrogen-bond acceptors (Lipinski definition) is 0. The Balaban J connectivity index is 2.47. The monoisotopic (exact) mass is 186 g/mol. The summed E-state index contributed by atoms with van der Waals surface area (Å²) >= 11 is 0. The molecule has 0 saturated heterocycles. The standard InChI is InChI=1S/C14H18/c1-3-4-5-7-10-13(2)14-11-8-6-9-12-14/h6-12H,2-5H2,1H3. The lowest BCUT2D eigenvalue weighted by atomic mass is 10.1. The predicted octanol–water partition coefficient (Wildman–Crippen LogP) is 4.45. The van der Waals surface area contributed by atoms with Gasteiger partial charge in [0.15, 0.2) is 0 Å². The van der Waals surface area contributed by atoms with E-state index in [9.17, 15) is 0 Å². The molecular formula is C14H18. The van der Waals surface area contributed by atoms with E-state index < -0.39 is 0 Å². The fraction of sp³-hybridized carbons (Fsp3) is 0.286. The Morgan fingerprint density at radius 1 is 1.29 bits per heavy atom. The minimum atomic E-state index is 1.10. The first-order valence-corrected chi connectivity index (χ1v) is 5.25. The van der Waals surface area contributed by atoms with Gasteiger partial charge in [0.2, 0.25) is 0 Å². The minimum Gasteiger partial charge on any atom is -0.0912 e. The van der Waals surface area contributed by atoms with E-state index in [1.165, 1.54) is 18.4 Å². The van der Waals surface area contributed by atoms with Crippen LogP contribution in [0.1, 0.15) is 31.7 Å². The quantitative estimate of drug-likeness (QED) is 0.471. The third-order valence-electron chi connectivity index (χ3n) is 2.19. The minimum absolute atomic E-state index is 1.10. The van der Waals surface area contributed by atoms with Crippen molar-refractivity contribution >= 4 is 5.57 Å². The van der Waals surface area contributed by atoms with Crippen LogP contribution in [0.4, 0.5) is 0 Å². The third kappa shape index (κ3) is 3.61. The molecule has 0 radical (unpaired) electrons. The summed E-state index contributed by atoms with van der Waals surface area (Å²) in [5.74, 6) is 0. The highest BCUT2D eigenvalue weighted by Crippen LogP contribution is 2.13. The van der Waals surface area contributed by atoms with Crippen LogP contribution >= 0.6 is 0 Å². The van der Waals surface area contributed by atoms with Crippen LogP contribution in [-0.4, -0.2) is 0 Å². The maximum atomic E-state index is 4.04. The molecule has 0 atom stereocenters. The van der Waals surface area contributed by atoms with Gasteiger partial charge in [0.1, 0.15) is 0 Å². The van der Waals surface area contributed by atoms with Gasteiger partial charge in [-0.2, -0.15) is 0 Å². The molecule has 1 aromatic carbocycles. The maximum Gasteiger partial charge on any atom is -0.0190 e. The van der Waals surface area contributed by atoms with E-state index in [1.807, 2.05) is 18.2 Å². The number of hydrogen-bond donors (Lipinski definition) is 0. The molecule has 0 amide bonds. The molecule has 0 N–H and O–H groups in total. The van der Waals surface area contributed by atoms with Gasteiger partial charge in [-0.25, -0.2) is 0 Å². The van der Waals surface area contributed by atoms with Crippen LogP contribution in [0.5, 0.6) is 0 Å². The van der Waals surface area contributed by atoms with Gasteiger partial charge in [-0.1, -0.05) is 68.8 Å². The molecular weight excluding hydrogens is 168 g/mol. The normalized spacial score (nSPS) is 10.6. The average molecular weight is 186 g/mol. The maximum absolute atomic E-state index is 4.04. The van der Waals surface area contributed by atoms with Crippen molar-refractivity contribution in [2.24, 2.45) is 0 Å². The summed E-state index contributed by atoms with van der Waals surface area (Å²) in [5, 5.41) is 0. The van der Waals surface area contributed by atoms with E-state index in [-0.39, 0.29) is 0 Å². The van der Waals surface area contributed by atoms with Gasteiger partial charge in [-0.15, -0.1) is 0 Å². The van der Waals surface area contributed by atoms with Crippen molar-refractivity contribution in [3.63, 3.8) is 0 Å². The van der Waals surface area contributed by atoms with E-state index in [0.29, 0.717) is 0 Å². The lowest BCUT2D eigenvalue weighted by Gasteiger charge is -1.98. The van der Waals surface area contributed by atoms with Gasteiger partial charge in [0.05, 0.1) is 0 Å². The van der Waals surface area contributed by atoms with Gasteiger partial charge >= 0.3 is 0 Å². The van der Waals surface area contributed by atoms with Crippen LogP contribution < -0.4 is 0 Å². The number of unbranched alkanes of at least 4 members (excludes halogenated alkanes) is 2. The van der Waals surface area contributed by atoms with E-state index in [4.69, 9.17) is 0 Å². The Kier molecular flexibility index (Phi) is 4.77. The molecule has 1 rings (SSSR count). The Hall–Kier alpha value is -1.30. The first kappa shape index (κ1) is 10.8. The summed E-state index contributed by atoms with van der Waals surface area (Å²) in [7, 11) is 0. The van der Waals surface area contributed by atoms with Crippen molar-refractivity contribution in [1.29, 1.82) is 0 Å². The third-order valence-corrected chi connectivity index (χ3v) is 2.19. The van der Waals surface area contributed by atoms with Gasteiger partial charge in [0.25, 0.3) is 0 Å². The van der Waals surface area contributed by atoms with Crippen LogP contribution in [0.2, 0.25) is 0 Å². The molecule has 0 aromatic heterocycles. The zero-order chi connectivity index (χ0) is 10.2. The second-order valence-electron chi connectivity index (χ2n) is 3.44. The van der Waals surface area contributed by atoms with Crippen molar-refractivity contribution in [1.82, 2.24) is 0 Å². The van der Waals surface area contributed by atoms with Crippen LogP contribution in [-0.2, 0) is 0 Å². The topological polar surface area (TPSA) is 0 Å². The Morgan fingerprint density at radius 2 is 2.00 bits per heavy atom. The molecule has 0 heterocycles. The lowest BCUT2D eigenvalue weighted by molar-refractivity contribution is 0.815. The molecule has 0 bridgehead atoms. The molecule has 74 valence electrons. The molecule has 0 fully saturated rings. The van der Waals surface area contributed by atoms with E-state index >= 15 is 0 Å². The summed E-state index contributed by atoms with van der Waals surface area (Å²) in [6, 6.07) is 10.3. The molecule has 0 aliphatic heterocycles. The summed E-state index contributed by atoms with van der Waals surface area (Å²) in [6.07, 6.45) is 7.99. The SMILES string of the molecule is C=C(C=CCCCC)c1ccccc1. The van der Waals surface area contributed by atoms with Crippen molar-refractivity contribution < 1.29 is 0 Å². The summed E-state index contributed by atoms with van der Waals surface area (Å²) in [6.45, 7) is 6.24. The van der Waals surface area contributed by atoms with Gasteiger partial charge in [0, 0.05) is 0 Å². The fourth-order valence-electron chi connectivity index (χ4n) is 1.30. The van der Waals surface area contributed by atoms with E-state index in [2.05, 4.69) is 37.8 Å². The lowest BCUT2D eigenvalue weighted by Crippen LogP contribution is -1.77. The first-order valence-electron chi connectivity index (χ1n) is 5.25. The zero-order valence-electron chi connectivity index (χ0n) is 8.87. The summed E-state index contributed by atoms with van der Waals surface area (Å²) in [4.78, 5) is 0. The van der Waals surface area contributed by atoms with Crippen LogP contribution in [0.3, 0.4) is 0 Å². The fourth-order valence-corrected chi connectivity index (χ4v) is 1.30. The average Bonchev–Trinajstić information content (AvgIpc) is 2.25. The number of benzene rings is 1. The van der Waals surface area contributed by atoms with Crippen LogP contribution in [0, 0.1) is 0 Å². The zero-order valence-corrected chi connectivity index (χ0v) is 8.87. The number of rotatable bonds is 5. The second kappa shape index (κ2) is 6.20. The summed E-state index contributed by atoms with van der Waals surface area (Å²) < 4.78 is 0. The molecule has 0 unspecified atom stereocenters. The largest absolute Gasteiger partial charge is 0.0912 e. The molecule has 0 spiro atoms. The Morgan fingerprint density at radius 3 is 2.64 bits per heavy atom. The number of allylic oxidation sites excluding steroid dienone is 3. The predicted molar refractivity (Wildman–Crippen MR) is 64.1 cm³/mol. The first-order chi connectivity index (χ1) is 6.84. The van der Waals surface area contributed by atoms with E-state index in [1.54, 1.807) is 0 Å². The Bertz CT molecular complexity index is 293. The Labute approximate surface area is 87.0 Å². The van der Waals surface area contributed by atoms with Crippen LogP contribution in [0.25, 0.3) is 5.57 Å². The van der Waals surface area contributed by atoms with Gasteiger partial charge in [-0.05, 0) is 17.6 Å². The van der Waals surface area contributed by atoms with Crippen molar-refractivity contribution in [3.8, 4) is 0 Å². The highest BCUT2D eigenvalue weighted by molar-refractivity contribution is 5.71. The molecule has 0 nitrogen and oxygen atoms in total. The van der Waals surface area contributed by atoms with Gasteiger partial charge < -0.3 is 0 Å². The molecule has 0 aliphatic carbocycles. The molecule has 0 heteroatoms. The van der Waals surface area contributed by atoms with Crippen molar-refractivity contribution in [3.05, 3.63) is 54.6 Å². The highest BCUT2D eigenvalue weighted by Gasteiger charge is 1.91. The van der Waals surface area contributed by atoms with E-state index in [0.717, 1.165) is 12.0 Å². The molecule has 1 aromatic rings. The highest BCUT2D eigenvalue weighted by atomic mass is 14.0. The van der Waals surface area contributed by atoms with Crippen molar-refractivity contribution in [2.45, 2.75) is 26.2 Å². The second-order valence-corrected chi connectivity index (χ2v) is 3.44. The molecule has 0 saturated carbocycles. The van der Waals surface area contributed by atoms with Crippen molar-refractivity contribution in [2.75, 3.05) is 0 Å².